The second kappa shape index (κ2) is 6.99. The standard InChI is InChI=1S/C13H16ClNO4/c1-4-9(2)19-13-11(14)7-10(5-6-15(16)17)8-12(13)18-3/h5-9H,4H2,1-3H3/b6-5+/t9-/m1/s1. The highest BCUT2D eigenvalue weighted by molar-refractivity contribution is 6.32. The van der Waals surface area contributed by atoms with E-state index in [-0.39, 0.29) is 6.10 Å². The van der Waals surface area contributed by atoms with E-state index in [1.54, 1.807) is 12.1 Å². The van der Waals surface area contributed by atoms with Crippen molar-refractivity contribution in [3.05, 3.63) is 39.0 Å². The summed E-state index contributed by atoms with van der Waals surface area (Å²) in [5.41, 5.74) is 0.579. The van der Waals surface area contributed by atoms with E-state index in [2.05, 4.69) is 0 Å². The second-order valence-corrected chi connectivity index (χ2v) is 4.38. The van der Waals surface area contributed by atoms with E-state index in [1.165, 1.54) is 13.2 Å². The quantitative estimate of drug-likeness (QED) is 0.589. The van der Waals surface area contributed by atoms with Crippen LogP contribution in [0.5, 0.6) is 11.5 Å². The summed E-state index contributed by atoms with van der Waals surface area (Å²) < 4.78 is 10.9. The Morgan fingerprint density at radius 2 is 2.21 bits per heavy atom. The number of benzene rings is 1. The minimum atomic E-state index is -0.538. The Hall–Kier alpha value is -1.75. The van der Waals surface area contributed by atoms with E-state index < -0.39 is 4.92 Å². The number of methoxy groups -OCH3 is 1. The van der Waals surface area contributed by atoms with Gasteiger partial charge in [-0.2, -0.15) is 0 Å². The van der Waals surface area contributed by atoms with Gasteiger partial charge in [0.1, 0.15) is 0 Å². The normalized spacial score (nSPS) is 12.4. The zero-order valence-electron chi connectivity index (χ0n) is 11.1. The fraction of sp³-hybridized carbons (Fsp3) is 0.385. The van der Waals surface area contributed by atoms with E-state index in [1.807, 2.05) is 13.8 Å². The molecular weight excluding hydrogens is 270 g/mol. The van der Waals surface area contributed by atoms with Gasteiger partial charge in [-0.05, 0) is 31.0 Å². The van der Waals surface area contributed by atoms with Crippen molar-refractivity contribution in [3.8, 4) is 11.5 Å². The van der Waals surface area contributed by atoms with Crippen LogP contribution in [-0.4, -0.2) is 18.1 Å². The molecular formula is C13H16ClNO4. The Balaban J connectivity index is 3.10. The first-order chi connectivity index (χ1) is 8.97. The third-order valence-electron chi connectivity index (χ3n) is 2.53. The molecule has 5 nitrogen and oxygen atoms in total. The molecule has 0 saturated heterocycles. The van der Waals surface area contributed by atoms with Crippen molar-refractivity contribution in [2.75, 3.05) is 7.11 Å². The molecule has 0 saturated carbocycles. The molecule has 1 atom stereocenters. The van der Waals surface area contributed by atoms with Crippen LogP contribution in [0.1, 0.15) is 25.8 Å². The molecule has 0 bridgehead atoms. The topological polar surface area (TPSA) is 61.6 Å². The van der Waals surface area contributed by atoms with E-state index in [4.69, 9.17) is 21.1 Å². The first kappa shape index (κ1) is 15.3. The Morgan fingerprint density at radius 3 is 2.74 bits per heavy atom. The van der Waals surface area contributed by atoms with Crippen LogP contribution in [0, 0.1) is 10.1 Å². The fourth-order valence-electron chi connectivity index (χ4n) is 1.38. The third kappa shape index (κ3) is 4.44. The lowest BCUT2D eigenvalue weighted by atomic mass is 10.2. The van der Waals surface area contributed by atoms with Gasteiger partial charge in [0.05, 0.1) is 23.2 Å². The molecule has 19 heavy (non-hydrogen) atoms. The number of halogens is 1. The number of nitrogens with zero attached hydrogens (tertiary/aromatic N) is 1. The van der Waals surface area contributed by atoms with Gasteiger partial charge in [-0.15, -0.1) is 0 Å². The minimum absolute atomic E-state index is 0.00608. The van der Waals surface area contributed by atoms with E-state index in [9.17, 15) is 10.1 Å². The zero-order chi connectivity index (χ0) is 14.4. The smallest absolute Gasteiger partial charge is 0.235 e. The maximum absolute atomic E-state index is 10.3. The molecule has 0 spiro atoms. The van der Waals surface area contributed by atoms with Crippen LogP contribution in [0.3, 0.4) is 0 Å². The molecule has 0 aliphatic carbocycles. The van der Waals surface area contributed by atoms with Gasteiger partial charge in [0.25, 0.3) is 0 Å². The van der Waals surface area contributed by atoms with Gasteiger partial charge in [-0.1, -0.05) is 18.5 Å². The maximum atomic E-state index is 10.3. The second-order valence-electron chi connectivity index (χ2n) is 3.97. The van der Waals surface area contributed by atoms with Gasteiger partial charge in [0.2, 0.25) is 6.20 Å². The van der Waals surface area contributed by atoms with Gasteiger partial charge < -0.3 is 9.47 Å². The van der Waals surface area contributed by atoms with Crippen LogP contribution >= 0.6 is 11.6 Å². The number of ether oxygens (including phenoxy) is 2. The van der Waals surface area contributed by atoms with E-state index in [0.717, 1.165) is 12.6 Å². The van der Waals surface area contributed by atoms with Crippen LogP contribution in [0.4, 0.5) is 0 Å². The average molecular weight is 286 g/mol. The molecule has 0 heterocycles. The largest absolute Gasteiger partial charge is 0.493 e. The van der Waals surface area contributed by atoms with Crippen LogP contribution in [0.2, 0.25) is 5.02 Å². The zero-order valence-corrected chi connectivity index (χ0v) is 11.8. The Bertz CT molecular complexity index is 488. The molecule has 1 aromatic rings. The van der Waals surface area contributed by atoms with Crippen molar-refractivity contribution >= 4 is 17.7 Å². The summed E-state index contributed by atoms with van der Waals surface area (Å²) in [4.78, 5) is 9.76. The van der Waals surface area contributed by atoms with Gasteiger partial charge in [-0.3, -0.25) is 10.1 Å². The van der Waals surface area contributed by atoms with Crippen LogP contribution in [-0.2, 0) is 0 Å². The van der Waals surface area contributed by atoms with Crippen molar-refractivity contribution in [3.63, 3.8) is 0 Å². The van der Waals surface area contributed by atoms with Gasteiger partial charge in [-0.25, -0.2) is 0 Å². The summed E-state index contributed by atoms with van der Waals surface area (Å²) in [5.74, 6) is 0.910. The molecule has 0 aliphatic rings. The molecule has 104 valence electrons. The summed E-state index contributed by atoms with van der Waals surface area (Å²) in [6.07, 6.45) is 3.04. The lowest BCUT2D eigenvalue weighted by Gasteiger charge is -2.17. The van der Waals surface area contributed by atoms with Crippen LogP contribution in [0.25, 0.3) is 6.08 Å². The van der Waals surface area contributed by atoms with Crippen LogP contribution in [0.15, 0.2) is 18.3 Å². The molecule has 6 heteroatoms. The van der Waals surface area contributed by atoms with Gasteiger partial charge in [0, 0.05) is 6.08 Å². The third-order valence-corrected chi connectivity index (χ3v) is 2.82. The lowest BCUT2D eigenvalue weighted by molar-refractivity contribution is -0.400. The molecule has 0 N–H and O–H groups in total. The molecule has 0 unspecified atom stereocenters. The lowest BCUT2D eigenvalue weighted by Crippen LogP contribution is -2.11. The van der Waals surface area contributed by atoms with Crippen molar-refractivity contribution in [1.29, 1.82) is 0 Å². The number of nitro groups is 1. The van der Waals surface area contributed by atoms with E-state index >= 15 is 0 Å². The summed E-state index contributed by atoms with van der Waals surface area (Å²) in [5, 5.41) is 10.7. The van der Waals surface area contributed by atoms with E-state index in [0.29, 0.717) is 22.1 Å². The van der Waals surface area contributed by atoms with Crippen molar-refractivity contribution in [1.82, 2.24) is 0 Å². The Labute approximate surface area is 116 Å². The summed E-state index contributed by atoms with van der Waals surface area (Å²) in [7, 11) is 1.50. The van der Waals surface area contributed by atoms with Crippen molar-refractivity contribution in [2.24, 2.45) is 0 Å². The predicted octanol–water partition coefficient (Wildman–Crippen LogP) is 3.77. The summed E-state index contributed by atoms with van der Waals surface area (Å²) in [6.45, 7) is 3.93. The maximum Gasteiger partial charge on any atom is 0.235 e. The molecule has 0 amide bonds. The molecule has 0 radical (unpaired) electrons. The SMILES string of the molecule is CC[C@@H](C)Oc1c(Cl)cc(/C=C/[N+](=O)[O-])cc1OC. The molecule has 1 aromatic carbocycles. The number of hydrogen-bond donors (Lipinski definition) is 0. The molecule has 0 fully saturated rings. The average Bonchev–Trinajstić information content (AvgIpc) is 2.38. The number of rotatable bonds is 6. The Morgan fingerprint density at radius 1 is 1.53 bits per heavy atom. The molecule has 1 rings (SSSR count). The van der Waals surface area contributed by atoms with Crippen molar-refractivity contribution in [2.45, 2.75) is 26.4 Å². The minimum Gasteiger partial charge on any atom is -0.493 e. The van der Waals surface area contributed by atoms with Gasteiger partial charge >= 0.3 is 0 Å². The summed E-state index contributed by atoms with van der Waals surface area (Å²) in [6, 6.07) is 3.24. The highest BCUT2D eigenvalue weighted by Gasteiger charge is 2.13. The first-order valence-electron chi connectivity index (χ1n) is 5.83. The highest BCUT2D eigenvalue weighted by Crippen LogP contribution is 2.37. The first-order valence-corrected chi connectivity index (χ1v) is 6.21. The number of hydrogen-bond acceptors (Lipinski definition) is 4. The summed E-state index contributed by atoms with van der Waals surface area (Å²) >= 11 is 6.12. The molecule has 0 aromatic heterocycles. The van der Waals surface area contributed by atoms with Crippen molar-refractivity contribution < 1.29 is 14.4 Å². The highest BCUT2D eigenvalue weighted by atomic mass is 35.5. The predicted molar refractivity (Wildman–Crippen MR) is 74.4 cm³/mol. The Kier molecular flexibility index (Phi) is 5.63. The van der Waals surface area contributed by atoms with Gasteiger partial charge in [0.15, 0.2) is 11.5 Å². The monoisotopic (exact) mass is 285 g/mol. The molecule has 0 aliphatic heterocycles. The fourth-order valence-corrected chi connectivity index (χ4v) is 1.65. The van der Waals surface area contributed by atoms with Crippen LogP contribution < -0.4 is 9.47 Å².